The highest BCUT2D eigenvalue weighted by Crippen LogP contribution is 2.21. The zero-order valence-electron chi connectivity index (χ0n) is 8.95. The van der Waals surface area contributed by atoms with Crippen LogP contribution >= 0.6 is 8.88 Å². The fourth-order valence-corrected chi connectivity index (χ4v) is 1.52. The van der Waals surface area contributed by atoms with Crippen LogP contribution in [-0.4, -0.2) is 41.4 Å². The van der Waals surface area contributed by atoms with Crippen molar-refractivity contribution in [1.82, 2.24) is 4.67 Å². The van der Waals surface area contributed by atoms with Crippen LogP contribution < -0.4 is 0 Å². The van der Waals surface area contributed by atoms with Crippen molar-refractivity contribution in [1.29, 1.82) is 0 Å². The lowest BCUT2D eigenvalue weighted by Crippen LogP contribution is -2.36. The van der Waals surface area contributed by atoms with Gasteiger partial charge in [0.25, 0.3) is 0 Å². The Morgan fingerprint density at radius 3 is 2.75 bits per heavy atom. The van der Waals surface area contributed by atoms with Crippen molar-refractivity contribution in [3.05, 3.63) is 10.4 Å². The maximum Gasteiger partial charge on any atom is 0.336 e. The fourth-order valence-electron chi connectivity index (χ4n) is 0.847. The third kappa shape index (κ3) is 4.93. The van der Waals surface area contributed by atoms with Gasteiger partial charge in [-0.25, -0.2) is 4.79 Å². The summed E-state index contributed by atoms with van der Waals surface area (Å²) in [5, 5.41) is 9.33. The lowest BCUT2D eigenvalue weighted by atomic mass is 10.3. The minimum Gasteiger partial charge on any atom is -0.467 e. The molecule has 0 aromatic rings. The van der Waals surface area contributed by atoms with E-state index in [1.807, 2.05) is 0 Å². The summed E-state index contributed by atoms with van der Waals surface area (Å²) in [6.45, 7) is 1.39. The lowest BCUT2D eigenvalue weighted by molar-refractivity contribution is -0.151. The first-order valence-electron chi connectivity index (χ1n) is 4.42. The van der Waals surface area contributed by atoms with E-state index in [1.165, 1.54) is 0 Å². The summed E-state index contributed by atoms with van der Waals surface area (Å²) in [5.74, 6) is -1.15. The Bertz CT molecular complexity index is 305. The van der Waals surface area contributed by atoms with E-state index < -0.39 is 21.0 Å². The molecule has 0 aliphatic carbocycles. The van der Waals surface area contributed by atoms with Gasteiger partial charge in [0.15, 0.2) is 6.10 Å². The third-order valence-electron chi connectivity index (χ3n) is 1.64. The largest absolute Gasteiger partial charge is 0.467 e. The summed E-state index contributed by atoms with van der Waals surface area (Å²) in [4.78, 5) is 28.0. The van der Waals surface area contributed by atoms with Crippen molar-refractivity contribution in [3.8, 4) is 0 Å². The van der Waals surface area contributed by atoms with E-state index >= 15 is 0 Å². The number of methoxy groups -OCH3 is 1. The predicted molar refractivity (Wildman–Crippen MR) is 57.5 cm³/mol. The van der Waals surface area contributed by atoms with Crippen molar-refractivity contribution >= 4 is 20.8 Å². The van der Waals surface area contributed by atoms with Crippen molar-refractivity contribution in [3.63, 3.8) is 0 Å². The SMILES string of the molecule is CCC(=O)N(CC(O)C(=O)OC)PN=[N+]=[N-]. The van der Waals surface area contributed by atoms with E-state index in [9.17, 15) is 14.7 Å². The molecular formula is C7H13N4O4P. The van der Waals surface area contributed by atoms with Crippen LogP contribution in [0, 0.1) is 0 Å². The van der Waals surface area contributed by atoms with E-state index in [1.54, 1.807) is 6.92 Å². The molecule has 0 aliphatic heterocycles. The molecule has 8 nitrogen and oxygen atoms in total. The number of rotatable bonds is 6. The highest BCUT2D eigenvalue weighted by Gasteiger charge is 2.21. The van der Waals surface area contributed by atoms with Gasteiger partial charge in [0.05, 0.1) is 22.5 Å². The first-order chi connectivity index (χ1) is 7.56. The Labute approximate surface area is 94.1 Å². The molecule has 0 aromatic heterocycles. The van der Waals surface area contributed by atoms with Crippen molar-refractivity contribution < 1.29 is 19.4 Å². The quantitative estimate of drug-likeness (QED) is 0.243. The molecule has 9 heteroatoms. The van der Waals surface area contributed by atoms with Crippen molar-refractivity contribution in [2.75, 3.05) is 13.7 Å². The molecule has 0 radical (unpaired) electrons. The Hall–Kier alpha value is -1.36. The van der Waals surface area contributed by atoms with Crippen LogP contribution in [0.4, 0.5) is 0 Å². The van der Waals surface area contributed by atoms with Gasteiger partial charge >= 0.3 is 5.97 Å². The number of hydrogen-bond acceptors (Lipinski definition) is 5. The molecule has 0 spiro atoms. The number of ether oxygens (including phenoxy) is 1. The van der Waals surface area contributed by atoms with Crippen LogP contribution in [-0.2, 0) is 14.3 Å². The Morgan fingerprint density at radius 2 is 2.31 bits per heavy atom. The summed E-state index contributed by atoms with van der Waals surface area (Å²) < 4.78 is 5.42. The van der Waals surface area contributed by atoms with E-state index in [0.717, 1.165) is 11.8 Å². The maximum absolute atomic E-state index is 11.4. The monoisotopic (exact) mass is 248 g/mol. The van der Waals surface area contributed by atoms with E-state index in [2.05, 4.69) is 14.5 Å². The van der Waals surface area contributed by atoms with Gasteiger partial charge in [0, 0.05) is 11.3 Å². The number of aliphatic hydroxyl groups excluding tert-OH is 1. The third-order valence-corrected chi connectivity index (χ3v) is 2.49. The zero-order chi connectivity index (χ0) is 12.6. The van der Waals surface area contributed by atoms with Gasteiger partial charge in [0.2, 0.25) is 5.91 Å². The molecular weight excluding hydrogens is 235 g/mol. The number of carbonyl (C=O) groups is 2. The average Bonchev–Trinajstić information content (AvgIpc) is 2.31. The number of aliphatic hydroxyl groups is 1. The van der Waals surface area contributed by atoms with Crippen LogP contribution in [0.3, 0.4) is 0 Å². The van der Waals surface area contributed by atoms with Gasteiger partial charge in [-0.15, -0.1) is 0 Å². The molecule has 0 fully saturated rings. The number of nitrogens with zero attached hydrogens (tertiary/aromatic N) is 4. The molecule has 2 atom stereocenters. The molecule has 0 saturated carbocycles. The van der Waals surface area contributed by atoms with Crippen LogP contribution in [0.1, 0.15) is 13.3 Å². The molecule has 0 rings (SSSR count). The summed E-state index contributed by atoms with van der Waals surface area (Å²) in [5.41, 5.74) is 8.13. The summed E-state index contributed by atoms with van der Waals surface area (Å²) in [6.07, 6.45) is -1.23. The average molecular weight is 248 g/mol. The second-order valence-corrected chi connectivity index (χ2v) is 3.63. The zero-order valence-corrected chi connectivity index (χ0v) is 9.95. The second kappa shape index (κ2) is 7.87. The summed E-state index contributed by atoms with van der Waals surface area (Å²) in [7, 11) is 0.654. The number of azide groups is 1. The minimum absolute atomic E-state index is 0.196. The molecule has 1 amide bonds. The van der Waals surface area contributed by atoms with Crippen molar-refractivity contribution in [2.24, 2.45) is 4.88 Å². The van der Waals surface area contributed by atoms with E-state index in [4.69, 9.17) is 5.53 Å². The molecule has 90 valence electrons. The van der Waals surface area contributed by atoms with Gasteiger partial charge in [-0.05, 0) is 5.53 Å². The summed E-state index contributed by atoms with van der Waals surface area (Å²) in [6, 6.07) is 0. The van der Waals surface area contributed by atoms with Gasteiger partial charge < -0.3 is 14.5 Å². The first kappa shape index (κ1) is 14.6. The Balaban J connectivity index is 4.46. The molecule has 0 saturated heterocycles. The first-order valence-corrected chi connectivity index (χ1v) is 5.32. The number of amides is 1. The van der Waals surface area contributed by atoms with Gasteiger partial charge in [-0.2, -0.15) is 0 Å². The van der Waals surface area contributed by atoms with Gasteiger partial charge in [-0.3, -0.25) is 4.79 Å². The van der Waals surface area contributed by atoms with Crippen molar-refractivity contribution in [2.45, 2.75) is 19.4 Å². The number of hydrogen-bond donors (Lipinski definition) is 1. The highest BCUT2D eigenvalue weighted by molar-refractivity contribution is 7.34. The molecule has 0 aromatic carbocycles. The molecule has 1 N–H and O–H groups in total. The molecule has 2 unspecified atom stereocenters. The minimum atomic E-state index is -1.43. The van der Waals surface area contributed by atoms with E-state index in [-0.39, 0.29) is 18.9 Å². The molecule has 16 heavy (non-hydrogen) atoms. The predicted octanol–water partition coefficient (Wildman–Crippen LogP) is 0.578. The lowest BCUT2D eigenvalue weighted by Gasteiger charge is -2.21. The standard InChI is InChI=1S/C7H13N4O4P/c1-3-6(13)11(16-10-9-8)4-5(12)7(14)15-2/h5,12,16H,3-4H2,1-2H3. The topological polar surface area (TPSA) is 116 Å². The van der Waals surface area contributed by atoms with Crippen LogP contribution in [0.2, 0.25) is 0 Å². The van der Waals surface area contributed by atoms with Crippen LogP contribution in [0.5, 0.6) is 0 Å². The van der Waals surface area contributed by atoms with Gasteiger partial charge in [-0.1, -0.05) is 11.8 Å². The maximum atomic E-state index is 11.4. The molecule has 0 aliphatic rings. The highest BCUT2D eigenvalue weighted by atomic mass is 31.1. The smallest absolute Gasteiger partial charge is 0.336 e. The van der Waals surface area contributed by atoms with E-state index in [0.29, 0.717) is 0 Å². The molecule has 0 bridgehead atoms. The van der Waals surface area contributed by atoms with Crippen LogP contribution in [0.25, 0.3) is 10.4 Å². The van der Waals surface area contributed by atoms with Crippen LogP contribution in [0.15, 0.2) is 4.88 Å². The van der Waals surface area contributed by atoms with Gasteiger partial charge in [0.1, 0.15) is 0 Å². The summed E-state index contributed by atoms with van der Waals surface area (Å²) >= 11 is 0. The normalized spacial score (nSPS) is 11.9. The second-order valence-electron chi connectivity index (χ2n) is 2.69. The number of carbonyl (C=O) groups excluding carboxylic acids is 2. The number of esters is 1. The Kier molecular flexibility index (Phi) is 7.20. The Morgan fingerprint density at radius 1 is 1.69 bits per heavy atom. The fraction of sp³-hybridized carbons (Fsp3) is 0.714. The molecule has 0 heterocycles.